The predicted molar refractivity (Wildman–Crippen MR) is 123 cm³/mol. The van der Waals surface area contributed by atoms with Crippen LogP contribution in [0.15, 0.2) is 53.7 Å². The van der Waals surface area contributed by atoms with Crippen LogP contribution in [0.1, 0.15) is 54.6 Å². The van der Waals surface area contributed by atoms with E-state index in [4.69, 9.17) is 4.74 Å². The van der Waals surface area contributed by atoms with Gasteiger partial charge in [0, 0.05) is 33.7 Å². The normalized spacial score (nSPS) is 26.8. The summed E-state index contributed by atoms with van der Waals surface area (Å²) in [5, 5.41) is 10.1. The Hall–Kier alpha value is -2.71. The topological polar surface area (TPSA) is 72.3 Å². The Morgan fingerprint density at radius 3 is 2.62 bits per heavy atom. The van der Waals surface area contributed by atoms with Gasteiger partial charge in [0.1, 0.15) is 11.4 Å². The van der Waals surface area contributed by atoms with Gasteiger partial charge < -0.3 is 9.84 Å². The van der Waals surface area contributed by atoms with Crippen molar-refractivity contribution in [3.05, 3.63) is 71.3 Å². The molecule has 2 heterocycles. The number of benzene rings is 2. The molecule has 2 bridgehead atoms. The molecule has 34 heavy (non-hydrogen) atoms. The fraction of sp³-hybridized carbons (Fsp3) is 0.385. The van der Waals surface area contributed by atoms with Crippen molar-refractivity contribution in [2.24, 2.45) is 5.92 Å². The van der Waals surface area contributed by atoms with Crippen LogP contribution < -0.4 is 4.74 Å². The molecule has 8 heteroatoms. The average molecular weight is 483 g/mol. The first-order valence-corrected chi connectivity index (χ1v) is 12.6. The number of halogens is 2. The molecule has 3 aliphatic rings. The molecular weight excluding hydrogens is 458 g/mol. The maximum absolute atomic E-state index is 13.4. The second-order valence-corrected chi connectivity index (χ2v) is 11.5. The van der Waals surface area contributed by atoms with Gasteiger partial charge in [-0.15, -0.1) is 0 Å². The summed E-state index contributed by atoms with van der Waals surface area (Å²) in [6.45, 7) is 0.358. The summed E-state index contributed by atoms with van der Waals surface area (Å²) >= 11 is 0. The van der Waals surface area contributed by atoms with E-state index in [0.29, 0.717) is 22.7 Å². The Labute approximate surface area is 198 Å². The van der Waals surface area contributed by atoms with Gasteiger partial charge >= 0.3 is 6.61 Å². The van der Waals surface area contributed by atoms with Crippen molar-refractivity contribution in [1.29, 1.82) is 0 Å². The van der Waals surface area contributed by atoms with Crippen molar-refractivity contribution in [2.75, 3.05) is 0 Å². The summed E-state index contributed by atoms with van der Waals surface area (Å²) < 4.78 is 44.6. The lowest BCUT2D eigenvalue weighted by Crippen LogP contribution is -2.24. The number of hydrogen-bond donors (Lipinski definition) is 1. The lowest BCUT2D eigenvalue weighted by Gasteiger charge is -2.27. The minimum atomic E-state index is -2.93. The van der Waals surface area contributed by atoms with Crippen LogP contribution in [0, 0.1) is 5.92 Å². The highest BCUT2D eigenvalue weighted by Crippen LogP contribution is 2.62. The van der Waals surface area contributed by atoms with Crippen LogP contribution in [0.4, 0.5) is 8.78 Å². The van der Waals surface area contributed by atoms with E-state index in [1.807, 2.05) is 6.07 Å². The van der Waals surface area contributed by atoms with Crippen LogP contribution in [-0.4, -0.2) is 31.1 Å². The molecule has 1 saturated carbocycles. The van der Waals surface area contributed by atoms with Crippen molar-refractivity contribution < 1.29 is 22.8 Å². The molecule has 3 aromatic rings. The first kappa shape index (κ1) is 21.8. The molecule has 0 spiro atoms. The van der Waals surface area contributed by atoms with E-state index in [1.54, 1.807) is 44.4 Å². The molecule has 1 unspecified atom stereocenters. The standard InChI is InChI=1S/C26H24F2N2O3S/c1-26(2,31)24-29-11-15(12-30-24)13-6-7-14-9-17-21-10-18(22(17)16(14)8-13)23-19(33-25(27)28)4-3-5-20(23)34(21)32/h3-8,11-12,17-18,21-22,25,31H,9-10H2,1-2H3/t17?,18-,21-,22+,34-/m1/s1. The van der Waals surface area contributed by atoms with Crippen LogP contribution in [0.5, 0.6) is 5.75 Å². The van der Waals surface area contributed by atoms with E-state index in [2.05, 4.69) is 22.1 Å². The Morgan fingerprint density at radius 1 is 1.15 bits per heavy atom. The van der Waals surface area contributed by atoms with Gasteiger partial charge in [0.2, 0.25) is 0 Å². The molecule has 176 valence electrons. The number of fused-ring (bicyclic) bond motifs is 9. The SMILES string of the molecule is CC(C)(O)c1ncc(-c2ccc3c(c2)[C@H]2C(C3)[C@H]3C[C@H]2c2c(OC(F)F)cccc2[S@]3=O)cn1. The third-order valence-corrected chi connectivity index (χ3v) is 9.34. The Morgan fingerprint density at radius 2 is 1.91 bits per heavy atom. The summed E-state index contributed by atoms with van der Waals surface area (Å²) in [5.41, 5.74) is 3.76. The molecule has 2 aromatic carbocycles. The first-order valence-electron chi connectivity index (χ1n) is 11.4. The number of aromatic nitrogens is 2. The summed E-state index contributed by atoms with van der Waals surface area (Å²) in [6.07, 6.45) is 4.97. The zero-order valence-corrected chi connectivity index (χ0v) is 19.6. The van der Waals surface area contributed by atoms with Gasteiger partial charge in [-0.25, -0.2) is 9.97 Å². The molecule has 1 fully saturated rings. The van der Waals surface area contributed by atoms with Gasteiger partial charge in [-0.2, -0.15) is 8.78 Å². The quantitative estimate of drug-likeness (QED) is 0.572. The number of hydrogen-bond acceptors (Lipinski definition) is 5. The first-order chi connectivity index (χ1) is 16.2. The second-order valence-electron chi connectivity index (χ2n) is 9.89. The Balaban J connectivity index is 1.42. The van der Waals surface area contributed by atoms with Crippen molar-refractivity contribution in [3.8, 4) is 16.9 Å². The number of alkyl halides is 2. The molecule has 0 saturated heterocycles. The fourth-order valence-electron chi connectivity index (χ4n) is 6.09. The highest BCUT2D eigenvalue weighted by atomic mass is 32.2. The fourth-order valence-corrected chi connectivity index (χ4v) is 8.07. The Bertz CT molecular complexity index is 1310. The molecular formula is C26H24F2N2O3S. The van der Waals surface area contributed by atoms with E-state index >= 15 is 0 Å². The maximum atomic E-state index is 13.4. The van der Waals surface area contributed by atoms with Crippen molar-refractivity contribution in [3.63, 3.8) is 0 Å². The molecule has 1 N–H and O–H groups in total. The molecule has 5 nitrogen and oxygen atoms in total. The largest absolute Gasteiger partial charge is 0.434 e. The second kappa shape index (κ2) is 7.65. The van der Waals surface area contributed by atoms with E-state index in [1.165, 1.54) is 11.1 Å². The van der Waals surface area contributed by atoms with Gasteiger partial charge in [0.05, 0.1) is 10.8 Å². The van der Waals surface area contributed by atoms with Crippen LogP contribution >= 0.6 is 0 Å². The predicted octanol–water partition coefficient (Wildman–Crippen LogP) is 4.91. The van der Waals surface area contributed by atoms with E-state index < -0.39 is 23.0 Å². The lowest BCUT2D eigenvalue weighted by atomic mass is 9.82. The minimum Gasteiger partial charge on any atom is -0.434 e. The van der Waals surface area contributed by atoms with Gasteiger partial charge in [0.15, 0.2) is 5.82 Å². The van der Waals surface area contributed by atoms with E-state index in [-0.39, 0.29) is 28.8 Å². The van der Waals surface area contributed by atoms with Crippen LogP contribution in [-0.2, 0) is 22.8 Å². The van der Waals surface area contributed by atoms with Crippen molar-refractivity contribution >= 4 is 10.8 Å². The molecule has 1 aliphatic heterocycles. The van der Waals surface area contributed by atoms with Crippen LogP contribution in [0.3, 0.4) is 0 Å². The van der Waals surface area contributed by atoms with Crippen LogP contribution in [0.2, 0.25) is 0 Å². The smallest absolute Gasteiger partial charge is 0.387 e. The van der Waals surface area contributed by atoms with Crippen molar-refractivity contribution in [2.45, 2.75) is 60.9 Å². The van der Waals surface area contributed by atoms with E-state index in [9.17, 15) is 18.1 Å². The molecule has 6 rings (SSSR count). The lowest BCUT2D eigenvalue weighted by molar-refractivity contribution is -0.0508. The monoisotopic (exact) mass is 482 g/mol. The third-order valence-electron chi connectivity index (χ3n) is 7.46. The number of ether oxygens (including phenoxy) is 1. The zero-order chi connectivity index (χ0) is 23.8. The van der Waals surface area contributed by atoms with Crippen molar-refractivity contribution in [1.82, 2.24) is 9.97 Å². The third kappa shape index (κ3) is 3.30. The maximum Gasteiger partial charge on any atom is 0.387 e. The van der Waals surface area contributed by atoms with Gasteiger partial charge in [-0.05, 0) is 73.3 Å². The highest BCUT2D eigenvalue weighted by Gasteiger charge is 2.55. The summed E-state index contributed by atoms with van der Waals surface area (Å²) in [7, 11) is -1.26. The molecule has 0 radical (unpaired) electrons. The number of aliphatic hydroxyl groups is 1. The molecule has 2 aliphatic carbocycles. The number of nitrogens with zero attached hydrogens (tertiary/aromatic N) is 2. The highest BCUT2D eigenvalue weighted by molar-refractivity contribution is 7.85. The summed E-state index contributed by atoms with van der Waals surface area (Å²) in [4.78, 5) is 9.30. The molecule has 0 amide bonds. The van der Waals surface area contributed by atoms with Gasteiger partial charge in [0.25, 0.3) is 0 Å². The number of rotatable bonds is 4. The van der Waals surface area contributed by atoms with Gasteiger partial charge in [-0.1, -0.05) is 24.3 Å². The minimum absolute atomic E-state index is 0.00884. The summed E-state index contributed by atoms with van der Waals surface area (Å²) in [5.74, 6) is 0.793. The Kier molecular flexibility index (Phi) is 4.90. The van der Waals surface area contributed by atoms with Crippen LogP contribution in [0.25, 0.3) is 11.1 Å². The molecule has 5 atom stereocenters. The average Bonchev–Trinajstić information content (AvgIpc) is 3.32. The van der Waals surface area contributed by atoms with Gasteiger partial charge in [-0.3, -0.25) is 4.21 Å². The molecule has 1 aromatic heterocycles. The zero-order valence-electron chi connectivity index (χ0n) is 18.7. The van der Waals surface area contributed by atoms with E-state index in [0.717, 1.165) is 17.5 Å². The summed E-state index contributed by atoms with van der Waals surface area (Å²) in [6, 6.07) is 11.3.